The molecule has 5 heteroatoms. The lowest BCUT2D eigenvalue weighted by Crippen LogP contribution is -2.39. The summed E-state index contributed by atoms with van der Waals surface area (Å²) in [6.45, 7) is 3.97. The number of hydrogen-bond donors (Lipinski definition) is 1. The number of fused-ring (bicyclic) bond motifs is 1. The lowest BCUT2D eigenvalue weighted by Gasteiger charge is -2.32. The number of carboxylic acids is 1. The molecule has 5 nitrogen and oxygen atoms in total. The molecular formula is C25H28N2O3. The Hall–Kier alpha value is -3.08. The van der Waals surface area contributed by atoms with Crippen molar-refractivity contribution in [2.75, 3.05) is 13.1 Å². The van der Waals surface area contributed by atoms with Gasteiger partial charge >= 0.3 is 5.97 Å². The van der Waals surface area contributed by atoms with Crippen molar-refractivity contribution in [2.45, 2.75) is 39.2 Å². The molecule has 1 aromatic heterocycles. The van der Waals surface area contributed by atoms with Gasteiger partial charge in [-0.1, -0.05) is 48.5 Å². The van der Waals surface area contributed by atoms with Gasteiger partial charge in [0.1, 0.15) is 5.69 Å². The van der Waals surface area contributed by atoms with Crippen molar-refractivity contribution in [3.63, 3.8) is 0 Å². The molecular weight excluding hydrogens is 376 g/mol. The smallest absolute Gasteiger partial charge is 0.352 e. The molecule has 1 N–H and O–H groups in total. The lowest BCUT2D eigenvalue weighted by atomic mass is 9.90. The van der Waals surface area contributed by atoms with Crippen LogP contribution in [0.15, 0.2) is 54.6 Å². The fourth-order valence-corrected chi connectivity index (χ4v) is 4.72. The number of carbonyl (C=O) groups excluding carboxylic acids is 1. The predicted molar refractivity (Wildman–Crippen MR) is 118 cm³/mol. The van der Waals surface area contributed by atoms with Gasteiger partial charge in [0.25, 0.3) is 0 Å². The first-order valence-electron chi connectivity index (χ1n) is 10.7. The van der Waals surface area contributed by atoms with Gasteiger partial charge < -0.3 is 14.6 Å². The molecule has 0 radical (unpaired) electrons. The Morgan fingerprint density at radius 3 is 2.33 bits per heavy atom. The number of nitrogens with zero attached hydrogens (tertiary/aromatic N) is 2. The Labute approximate surface area is 176 Å². The normalized spacial score (nSPS) is 14.9. The van der Waals surface area contributed by atoms with E-state index in [9.17, 15) is 14.7 Å². The average molecular weight is 405 g/mol. The molecule has 0 spiro atoms. The maximum absolute atomic E-state index is 13.1. The Morgan fingerprint density at radius 2 is 1.67 bits per heavy atom. The van der Waals surface area contributed by atoms with Gasteiger partial charge in [-0.25, -0.2) is 4.79 Å². The second kappa shape index (κ2) is 8.74. The standard InChI is InChI=1S/C25H28N2O3/c1-2-27-22-11-7-6-10-20(22)21(24(27)25(29)30)17-23(28)26-14-12-19(13-15-26)16-18-8-4-3-5-9-18/h3-11,19H,2,12-17H2,1H3,(H,29,30). The van der Waals surface area contributed by atoms with Crippen LogP contribution < -0.4 is 0 Å². The maximum atomic E-state index is 13.1. The van der Waals surface area contributed by atoms with Crippen molar-refractivity contribution >= 4 is 22.8 Å². The summed E-state index contributed by atoms with van der Waals surface area (Å²) >= 11 is 0. The summed E-state index contributed by atoms with van der Waals surface area (Å²) in [5, 5.41) is 10.7. The third-order valence-corrected chi connectivity index (χ3v) is 6.26. The zero-order valence-electron chi connectivity index (χ0n) is 17.4. The molecule has 4 rings (SSSR count). The Bertz CT molecular complexity index is 1050. The minimum Gasteiger partial charge on any atom is -0.477 e. The number of aromatic nitrogens is 1. The monoisotopic (exact) mass is 404 g/mol. The molecule has 0 bridgehead atoms. The minimum absolute atomic E-state index is 0.0228. The molecule has 30 heavy (non-hydrogen) atoms. The minimum atomic E-state index is -0.975. The zero-order chi connectivity index (χ0) is 21.1. The van der Waals surface area contributed by atoms with Gasteiger partial charge in [-0.05, 0) is 43.7 Å². The Morgan fingerprint density at radius 1 is 1.00 bits per heavy atom. The molecule has 1 fully saturated rings. The van der Waals surface area contributed by atoms with Gasteiger partial charge in [-0.2, -0.15) is 0 Å². The van der Waals surface area contributed by atoms with Gasteiger partial charge in [-0.15, -0.1) is 0 Å². The summed E-state index contributed by atoms with van der Waals surface area (Å²) in [7, 11) is 0. The number of hydrogen-bond acceptors (Lipinski definition) is 2. The van der Waals surface area contributed by atoms with Crippen LogP contribution in [-0.2, 0) is 24.2 Å². The molecule has 0 saturated carbocycles. The van der Waals surface area contributed by atoms with E-state index in [1.807, 2.05) is 42.2 Å². The Balaban J connectivity index is 1.48. The van der Waals surface area contributed by atoms with Crippen LogP contribution in [0.4, 0.5) is 0 Å². The molecule has 2 aromatic carbocycles. The van der Waals surface area contributed by atoms with Crippen molar-refractivity contribution in [1.29, 1.82) is 0 Å². The molecule has 156 valence electrons. The average Bonchev–Trinajstić information content (AvgIpc) is 3.08. The third kappa shape index (κ3) is 3.97. The number of para-hydroxylation sites is 1. The summed E-state index contributed by atoms with van der Waals surface area (Å²) < 4.78 is 1.80. The van der Waals surface area contributed by atoms with Gasteiger partial charge in [0.2, 0.25) is 5.91 Å². The number of aromatic carboxylic acids is 1. The lowest BCUT2D eigenvalue weighted by molar-refractivity contribution is -0.131. The molecule has 1 saturated heterocycles. The first-order chi connectivity index (χ1) is 14.6. The number of aryl methyl sites for hydroxylation is 1. The van der Waals surface area contributed by atoms with Crippen LogP contribution in [-0.4, -0.2) is 39.5 Å². The summed E-state index contributed by atoms with van der Waals surface area (Å²) in [6, 6.07) is 18.1. The van der Waals surface area contributed by atoms with Crippen molar-refractivity contribution < 1.29 is 14.7 Å². The summed E-state index contributed by atoms with van der Waals surface area (Å²) in [4.78, 5) is 27.0. The van der Waals surface area contributed by atoms with Gasteiger partial charge in [0.05, 0.1) is 6.42 Å². The van der Waals surface area contributed by atoms with E-state index in [2.05, 4.69) is 24.3 Å². The molecule has 0 atom stereocenters. The van der Waals surface area contributed by atoms with Crippen LogP contribution in [0.2, 0.25) is 0 Å². The quantitative estimate of drug-likeness (QED) is 0.663. The highest BCUT2D eigenvalue weighted by Crippen LogP contribution is 2.28. The van der Waals surface area contributed by atoms with Crippen molar-refractivity contribution in [2.24, 2.45) is 5.92 Å². The van der Waals surface area contributed by atoms with Gasteiger partial charge in [0.15, 0.2) is 0 Å². The predicted octanol–water partition coefficient (Wildman–Crippen LogP) is 4.38. The van der Waals surface area contributed by atoms with Gasteiger partial charge in [-0.3, -0.25) is 4.79 Å². The topological polar surface area (TPSA) is 62.5 Å². The number of carbonyl (C=O) groups is 2. The molecule has 3 aromatic rings. The molecule has 0 aliphatic carbocycles. The highest BCUT2D eigenvalue weighted by molar-refractivity contribution is 6.00. The SMILES string of the molecule is CCn1c(C(=O)O)c(CC(=O)N2CCC(Cc3ccccc3)CC2)c2ccccc21. The number of carboxylic acid groups (broad SMARTS) is 1. The molecule has 2 heterocycles. The first kappa shape index (κ1) is 20.2. The number of benzene rings is 2. The number of likely N-dealkylation sites (tertiary alicyclic amines) is 1. The van der Waals surface area contributed by atoms with E-state index in [1.165, 1.54) is 5.56 Å². The molecule has 1 amide bonds. The second-order valence-electron chi connectivity index (χ2n) is 8.08. The van der Waals surface area contributed by atoms with E-state index in [0.29, 0.717) is 18.0 Å². The van der Waals surface area contributed by atoms with Crippen LogP contribution in [0, 0.1) is 5.92 Å². The highest BCUT2D eigenvalue weighted by atomic mass is 16.4. The van der Waals surface area contributed by atoms with Crippen molar-refractivity contribution in [3.8, 4) is 0 Å². The van der Waals surface area contributed by atoms with E-state index < -0.39 is 5.97 Å². The van der Waals surface area contributed by atoms with Crippen LogP contribution in [0.5, 0.6) is 0 Å². The fraction of sp³-hybridized carbons (Fsp3) is 0.360. The zero-order valence-corrected chi connectivity index (χ0v) is 17.4. The van der Waals surface area contributed by atoms with E-state index >= 15 is 0 Å². The molecule has 1 aliphatic heterocycles. The van der Waals surface area contributed by atoms with Crippen LogP contribution >= 0.6 is 0 Å². The number of rotatable bonds is 6. The van der Waals surface area contributed by atoms with E-state index in [4.69, 9.17) is 0 Å². The fourth-order valence-electron chi connectivity index (χ4n) is 4.72. The maximum Gasteiger partial charge on any atom is 0.352 e. The van der Waals surface area contributed by atoms with Crippen molar-refractivity contribution in [1.82, 2.24) is 9.47 Å². The van der Waals surface area contributed by atoms with Crippen LogP contribution in [0.1, 0.15) is 41.4 Å². The summed E-state index contributed by atoms with van der Waals surface area (Å²) in [6.07, 6.45) is 3.17. The first-order valence-corrected chi connectivity index (χ1v) is 10.7. The number of piperidine rings is 1. The van der Waals surface area contributed by atoms with Gasteiger partial charge in [0, 0.05) is 36.1 Å². The summed E-state index contributed by atoms with van der Waals surface area (Å²) in [5.41, 5.74) is 3.10. The highest BCUT2D eigenvalue weighted by Gasteiger charge is 2.27. The molecule has 1 aliphatic rings. The number of amides is 1. The summed E-state index contributed by atoms with van der Waals surface area (Å²) in [5.74, 6) is -0.361. The Kier molecular flexibility index (Phi) is 5.88. The molecule has 0 unspecified atom stereocenters. The van der Waals surface area contributed by atoms with E-state index in [1.54, 1.807) is 4.57 Å². The van der Waals surface area contributed by atoms with Crippen molar-refractivity contribution in [3.05, 3.63) is 71.4 Å². The van der Waals surface area contributed by atoms with Crippen LogP contribution in [0.3, 0.4) is 0 Å². The van der Waals surface area contributed by atoms with E-state index in [0.717, 1.165) is 43.3 Å². The largest absolute Gasteiger partial charge is 0.477 e. The van der Waals surface area contributed by atoms with Crippen LogP contribution in [0.25, 0.3) is 10.9 Å². The third-order valence-electron chi connectivity index (χ3n) is 6.26. The van der Waals surface area contributed by atoms with E-state index in [-0.39, 0.29) is 18.0 Å². The second-order valence-corrected chi connectivity index (χ2v) is 8.08.